The molecule has 0 aromatic heterocycles. The van der Waals surface area contributed by atoms with Crippen LogP contribution < -0.4 is 20.9 Å². The third kappa shape index (κ3) is 3.33. The summed E-state index contributed by atoms with van der Waals surface area (Å²) in [6, 6.07) is 2.74. The number of halogens is 1. The lowest BCUT2D eigenvalue weighted by atomic mass is 10.2. The zero-order chi connectivity index (χ0) is 12.8. The van der Waals surface area contributed by atoms with Crippen molar-refractivity contribution in [1.29, 1.82) is 0 Å². The molecule has 0 aliphatic rings. The van der Waals surface area contributed by atoms with Crippen LogP contribution in [0.2, 0.25) is 0 Å². The molecule has 6 nitrogen and oxygen atoms in total. The fourth-order valence-corrected chi connectivity index (χ4v) is 1.13. The lowest BCUT2D eigenvalue weighted by Crippen LogP contribution is -2.21. The van der Waals surface area contributed by atoms with Gasteiger partial charge in [-0.15, -0.1) is 5.10 Å². The van der Waals surface area contributed by atoms with Crippen LogP contribution in [-0.2, 0) is 0 Å². The Morgan fingerprint density at radius 3 is 2.53 bits per heavy atom. The van der Waals surface area contributed by atoms with Crippen molar-refractivity contribution in [3.8, 4) is 11.5 Å². The van der Waals surface area contributed by atoms with Gasteiger partial charge < -0.3 is 20.9 Å². The van der Waals surface area contributed by atoms with E-state index in [1.54, 1.807) is 0 Å². The summed E-state index contributed by atoms with van der Waals surface area (Å²) in [4.78, 5) is 0. The van der Waals surface area contributed by atoms with Gasteiger partial charge in [0, 0.05) is 12.1 Å². The number of rotatable bonds is 4. The largest absolute Gasteiger partial charge is 0.497 e. The second-order valence-electron chi connectivity index (χ2n) is 2.99. The summed E-state index contributed by atoms with van der Waals surface area (Å²) in [5.41, 5.74) is 10.3. The average molecular weight is 240 g/mol. The van der Waals surface area contributed by atoms with Gasteiger partial charge in [0.15, 0.2) is 0 Å². The van der Waals surface area contributed by atoms with E-state index >= 15 is 0 Å². The van der Waals surface area contributed by atoms with Crippen LogP contribution in [0.3, 0.4) is 0 Å². The maximum Gasteiger partial charge on any atom is 0.211 e. The first-order chi connectivity index (χ1) is 8.08. The van der Waals surface area contributed by atoms with Crippen LogP contribution in [0, 0.1) is 5.82 Å². The Labute approximate surface area is 97.7 Å². The highest BCUT2D eigenvalue weighted by molar-refractivity contribution is 5.85. The van der Waals surface area contributed by atoms with Crippen molar-refractivity contribution < 1.29 is 13.9 Å². The van der Waals surface area contributed by atoms with Crippen LogP contribution in [0.4, 0.5) is 4.39 Å². The molecule has 0 aliphatic carbocycles. The topological polar surface area (TPSA) is 95.2 Å². The van der Waals surface area contributed by atoms with E-state index in [2.05, 4.69) is 10.2 Å². The first kappa shape index (κ1) is 12.8. The standard InChI is InChI=1S/C10H13FN4O2/c1-16-6-3-8(11)7(9(4-6)17-2)5-14-15-10(12)13/h3-5H,1-2H3,(H4,12,13,15). The minimum Gasteiger partial charge on any atom is -0.497 e. The minimum atomic E-state index is -0.546. The van der Waals surface area contributed by atoms with Crippen LogP contribution in [0.15, 0.2) is 22.3 Å². The molecular formula is C10H13FN4O2. The highest BCUT2D eigenvalue weighted by Gasteiger charge is 2.10. The molecule has 4 N–H and O–H groups in total. The third-order valence-corrected chi connectivity index (χ3v) is 1.88. The zero-order valence-electron chi connectivity index (χ0n) is 9.48. The molecule has 0 heterocycles. The molecule has 0 bridgehead atoms. The molecule has 0 spiro atoms. The van der Waals surface area contributed by atoms with Gasteiger partial charge >= 0.3 is 0 Å². The van der Waals surface area contributed by atoms with Gasteiger partial charge in [0.25, 0.3) is 0 Å². The number of methoxy groups -OCH3 is 2. The van der Waals surface area contributed by atoms with E-state index in [9.17, 15) is 4.39 Å². The molecule has 0 saturated heterocycles. The van der Waals surface area contributed by atoms with Crippen LogP contribution in [0.25, 0.3) is 0 Å². The van der Waals surface area contributed by atoms with E-state index in [1.165, 1.54) is 26.4 Å². The fraction of sp³-hybridized carbons (Fsp3) is 0.200. The van der Waals surface area contributed by atoms with E-state index < -0.39 is 5.82 Å². The van der Waals surface area contributed by atoms with Gasteiger partial charge in [0.1, 0.15) is 17.3 Å². The number of guanidine groups is 1. The van der Waals surface area contributed by atoms with Gasteiger partial charge in [-0.1, -0.05) is 0 Å². The fourth-order valence-electron chi connectivity index (χ4n) is 1.13. The number of hydrogen-bond acceptors (Lipinski definition) is 4. The first-order valence-corrected chi connectivity index (χ1v) is 4.62. The second-order valence-corrected chi connectivity index (χ2v) is 2.99. The van der Waals surface area contributed by atoms with Crippen molar-refractivity contribution in [2.75, 3.05) is 14.2 Å². The molecule has 0 aliphatic heterocycles. The van der Waals surface area contributed by atoms with Gasteiger partial charge in [-0.05, 0) is 0 Å². The Morgan fingerprint density at radius 1 is 1.29 bits per heavy atom. The normalized spacial score (nSPS) is 10.3. The van der Waals surface area contributed by atoms with Gasteiger partial charge in [-0.2, -0.15) is 5.10 Å². The van der Waals surface area contributed by atoms with E-state index in [1.807, 2.05) is 0 Å². The zero-order valence-corrected chi connectivity index (χ0v) is 9.48. The van der Waals surface area contributed by atoms with Gasteiger partial charge in [0.05, 0.1) is 26.0 Å². The van der Waals surface area contributed by atoms with E-state index in [4.69, 9.17) is 20.9 Å². The summed E-state index contributed by atoms with van der Waals surface area (Å²) >= 11 is 0. The Bertz CT molecular complexity index is 456. The number of hydrogen-bond donors (Lipinski definition) is 2. The van der Waals surface area contributed by atoms with Gasteiger partial charge in [-0.25, -0.2) is 4.39 Å². The van der Waals surface area contributed by atoms with Crippen molar-refractivity contribution in [3.05, 3.63) is 23.5 Å². The molecular weight excluding hydrogens is 227 g/mol. The highest BCUT2D eigenvalue weighted by atomic mass is 19.1. The minimum absolute atomic E-state index is 0.137. The van der Waals surface area contributed by atoms with E-state index in [-0.39, 0.29) is 17.3 Å². The van der Waals surface area contributed by atoms with Gasteiger partial charge in [-0.3, -0.25) is 0 Å². The molecule has 0 saturated carbocycles. The van der Waals surface area contributed by atoms with Crippen molar-refractivity contribution in [2.45, 2.75) is 0 Å². The summed E-state index contributed by atoms with van der Waals surface area (Å²) in [5, 5.41) is 6.89. The number of benzene rings is 1. The second kappa shape index (κ2) is 5.69. The predicted molar refractivity (Wildman–Crippen MR) is 62.9 cm³/mol. The number of ether oxygens (including phenoxy) is 2. The molecule has 0 amide bonds. The summed E-state index contributed by atoms with van der Waals surface area (Å²) in [5.74, 6) is -0.139. The molecule has 1 aromatic rings. The van der Waals surface area contributed by atoms with Crippen molar-refractivity contribution >= 4 is 12.2 Å². The first-order valence-electron chi connectivity index (χ1n) is 4.62. The molecule has 1 rings (SSSR count). The van der Waals surface area contributed by atoms with Crippen molar-refractivity contribution in [2.24, 2.45) is 21.7 Å². The molecule has 7 heteroatoms. The summed E-state index contributed by atoms with van der Waals surface area (Å²) in [6.07, 6.45) is 1.16. The van der Waals surface area contributed by atoms with Crippen LogP contribution in [-0.4, -0.2) is 26.4 Å². The molecule has 1 aromatic carbocycles. The quantitative estimate of drug-likeness (QED) is 0.453. The van der Waals surface area contributed by atoms with Crippen LogP contribution in [0.5, 0.6) is 11.5 Å². The average Bonchev–Trinajstić information content (AvgIpc) is 2.30. The molecule has 0 unspecified atom stereocenters. The lowest BCUT2D eigenvalue weighted by molar-refractivity contribution is 0.388. The molecule has 0 fully saturated rings. The Kier molecular flexibility index (Phi) is 4.27. The number of nitrogens with two attached hydrogens (primary N) is 2. The monoisotopic (exact) mass is 240 g/mol. The summed E-state index contributed by atoms with van der Waals surface area (Å²) in [6.45, 7) is 0. The molecule has 92 valence electrons. The van der Waals surface area contributed by atoms with Crippen molar-refractivity contribution in [3.63, 3.8) is 0 Å². The van der Waals surface area contributed by atoms with Crippen molar-refractivity contribution in [1.82, 2.24) is 0 Å². The van der Waals surface area contributed by atoms with E-state index in [0.717, 1.165) is 6.21 Å². The lowest BCUT2D eigenvalue weighted by Gasteiger charge is -2.07. The van der Waals surface area contributed by atoms with Crippen LogP contribution >= 0.6 is 0 Å². The number of nitrogens with zero attached hydrogens (tertiary/aromatic N) is 2. The maximum absolute atomic E-state index is 13.6. The predicted octanol–water partition coefficient (Wildman–Crippen LogP) is 0.450. The summed E-state index contributed by atoms with van der Waals surface area (Å²) in [7, 11) is 2.84. The Hall–Kier alpha value is -2.31. The summed E-state index contributed by atoms with van der Waals surface area (Å²) < 4.78 is 23.6. The van der Waals surface area contributed by atoms with E-state index in [0.29, 0.717) is 5.75 Å². The SMILES string of the molecule is COc1cc(F)c(C=NN=C(N)N)c(OC)c1. The Morgan fingerprint density at radius 2 is 2.00 bits per heavy atom. The van der Waals surface area contributed by atoms with Gasteiger partial charge in [0.2, 0.25) is 5.96 Å². The highest BCUT2D eigenvalue weighted by Crippen LogP contribution is 2.26. The molecule has 0 atom stereocenters. The smallest absolute Gasteiger partial charge is 0.211 e. The third-order valence-electron chi connectivity index (χ3n) is 1.88. The molecule has 0 radical (unpaired) electrons. The Balaban J connectivity index is 3.14. The van der Waals surface area contributed by atoms with Crippen LogP contribution in [0.1, 0.15) is 5.56 Å². The maximum atomic E-state index is 13.6. The molecule has 17 heavy (non-hydrogen) atoms.